The lowest BCUT2D eigenvalue weighted by Gasteiger charge is -2.33. The number of hydrogen-bond acceptors (Lipinski definition) is 2. The molecule has 0 spiro atoms. The summed E-state index contributed by atoms with van der Waals surface area (Å²) in [6.07, 6.45) is -2.52. The van der Waals surface area contributed by atoms with Gasteiger partial charge in [-0.25, -0.2) is 13.6 Å². The second kappa shape index (κ2) is 3.17. The van der Waals surface area contributed by atoms with Gasteiger partial charge < -0.3 is 5.11 Å². The third-order valence-electron chi connectivity index (χ3n) is 1.98. The van der Waals surface area contributed by atoms with Gasteiger partial charge in [-0.2, -0.15) is 5.26 Å². The maximum Gasteiger partial charge on any atom is 0.408 e. The first kappa shape index (κ1) is 9.71. The first-order valence-corrected chi connectivity index (χ1v) is 3.73. The molecule has 1 atom stereocenters. The standard InChI is InChI=1S/C7H8F2N2O2/c8-7(9)1-2-11(6(12)13)5(3-7)4-10/h5H,1-3H2,(H,12,13). The molecule has 0 saturated carbocycles. The molecule has 0 aromatic heterocycles. The fourth-order valence-corrected chi connectivity index (χ4v) is 1.28. The summed E-state index contributed by atoms with van der Waals surface area (Å²) < 4.78 is 25.4. The maximum absolute atomic E-state index is 12.7. The van der Waals surface area contributed by atoms with Crippen molar-refractivity contribution in [1.29, 1.82) is 5.26 Å². The van der Waals surface area contributed by atoms with Gasteiger partial charge in [0.2, 0.25) is 0 Å². The van der Waals surface area contributed by atoms with E-state index in [-0.39, 0.29) is 6.54 Å². The highest BCUT2D eigenvalue weighted by molar-refractivity contribution is 5.66. The van der Waals surface area contributed by atoms with Crippen molar-refractivity contribution >= 4 is 6.09 Å². The van der Waals surface area contributed by atoms with Crippen LogP contribution >= 0.6 is 0 Å². The third kappa shape index (κ3) is 2.05. The van der Waals surface area contributed by atoms with Crippen molar-refractivity contribution in [2.45, 2.75) is 24.8 Å². The highest BCUT2D eigenvalue weighted by Gasteiger charge is 2.42. The molecule has 1 rings (SSSR count). The van der Waals surface area contributed by atoms with E-state index in [1.165, 1.54) is 0 Å². The lowest BCUT2D eigenvalue weighted by Crippen LogP contribution is -2.48. The van der Waals surface area contributed by atoms with Crippen LogP contribution in [0.4, 0.5) is 13.6 Å². The Hall–Kier alpha value is -1.38. The second-order valence-corrected chi connectivity index (χ2v) is 2.93. The van der Waals surface area contributed by atoms with Crippen molar-refractivity contribution < 1.29 is 18.7 Å². The lowest BCUT2D eigenvalue weighted by molar-refractivity contribution is -0.0617. The number of piperidine rings is 1. The van der Waals surface area contributed by atoms with E-state index in [9.17, 15) is 13.6 Å². The Kier molecular flexibility index (Phi) is 2.36. The van der Waals surface area contributed by atoms with E-state index in [2.05, 4.69) is 0 Å². The summed E-state index contributed by atoms with van der Waals surface area (Å²) in [6.45, 7) is -0.277. The first-order valence-electron chi connectivity index (χ1n) is 3.73. The van der Waals surface area contributed by atoms with E-state index < -0.39 is 30.9 Å². The second-order valence-electron chi connectivity index (χ2n) is 2.93. The number of rotatable bonds is 0. The van der Waals surface area contributed by atoms with Crippen molar-refractivity contribution in [2.75, 3.05) is 6.54 Å². The summed E-state index contributed by atoms with van der Waals surface area (Å²) in [5.74, 6) is -2.91. The van der Waals surface area contributed by atoms with Gasteiger partial charge in [0.25, 0.3) is 5.92 Å². The fraction of sp³-hybridized carbons (Fsp3) is 0.714. The monoisotopic (exact) mass is 190 g/mol. The van der Waals surface area contributed by atoms with Gasteiger partial charge in [-0.1, -0.05) is 0 Å². The summed E-state index contributed by atoms with van der Waals surface area (Å²) in [7, 11) is 0. The van der Waals surface area contributed by atoms with Crippen molar-refractivity contribution in [1.82, 2.24) is 4.90 Å². The molecule has 1 N–H and O–H groups in total. The van der Waals surface area contributed by atoms with Gasteiger partial charge in [-0.05, 0) is 0 Å². The van der Waals surface area contributed by atoms with Crippen LogP contribution in [0.15, 0.2) is 0 Å². The van der Waals surface area contributed by atoms with Gasteiger partial charge >= 0.3 is 6.09 Å². The minimum atomic E-state index is -2.91. The Morgan fingerprint density at radius 2 is 2.31 bits per heavy atom. The van der Waals surface area contributed by atoms with Gasteiger partial charge in [0.15, 0.2) is 0 Å². The molecule has 0 bridgehead atoms. The number of carboxylic acid groups (broad SMARTS) is 1. The van der Waals surface area contributed by atoms with Crippen LogP contribution in [0.25, 0.3) is 0 Å². The van der Waals surface area contributed by atoms with Crippen molar-refractivity contribution in [3.63, 3.8) is 0 Å². The van der Waals surface area contributed by atoms with Gasteiger partial charge in [-0.3, -0.25) is 4.90 Å². The van der Waals surface area contributed by atoms with Crippen LogP contribution in [0.2, 0.25) is 0 Å². The average Bonchev–Trinajstić information content (AvgIpc) is 2.01. The van der Waals surface area contributed by atoms with E-state index in [1.807, 2.05) is 0 Å². The first-order chi connectivity index (χ1) is 5.96. The SMILES string of the molecule is N#CC1CC(F)(F)CCN1C(=O)O. The number of alkyl halides is 2. The van der Waals surface area contributed by atoms with Crippen molar-refractivity contribution in [3.8, 4) is 6.07 Å². The fourth-order valence-electron chi connectivity index (χ4n) is 1.28. The smallest absolute Gasteiger partial charge is 0.408 e. The largest absolute Gasteiger partial charge is 0.465 e. The van der Waals surface area contributed by atoms with Crippen LogP contribution in [0.5, 0.6) is 0 Å². The Morgan fingerprint density at radius 3 is 2.77 bits per heavy atom. The number of nitriles is 1. The zero-order valence-corrected chi connectivity index (χ0v) is 6.70. The summed E-state index contributed by atoms with van der Waals surface area (Å²) in [6, 6.07) is 0.335. The Bertz CT molecular complexity index is 262. The molecule has 1 amide bonds. The highest BCUT2D eigenvalue weighted by Crippen LogP contribution is 2.31. The Morgan fingerprint density at radius 1 is 1.69 bits per heavy atom. The van der Waals surface area contributed by atoms with Gasteiger partial charge in [0.05, 0.1) is 6.07 Å². The zero-order chi connectivity index (χ0) is 10.1. The van der Waals surface area contributed by atoms with Gasteiger partial charge in [0, 0.05) is 19.4 Å². The molecule has 0 aromatic rings. The van der Waals surface area contributed by atoms with Gasteiger partial charge in [-0.15, -0.1) is 0 Å². The van der Waals surface area contributed by atoms with Crippen LogP contribution in [0.1, 0.15) is 12.8 Å². The summed E-state index contributed by atoms with van der Waals surface area (Å²) in [5, 5.41) is 17.0. The van der Waals surface area contributed by atoms with Gasteiger partial charge in [0.1, 0.15) is 6.04 Å². The molecule has 0 radical (unpaired) electrons. The number of nitrogens with zero attached hydrogens (tertiary/aromatic N) is 2. The number of carbonyl (C=O) groups is 1. The van der Waals surface area contributed by atoms with Crippen LogP contribution in [-0.2, 0) is 0 Å². The van der Waals surface area contributed by atoms with E-state index >= 15 is 0 Å². The molecule has 4 nitrogen and oxygen atoms in total. The number of halogens is 2. The normalized spacial score (nSPS) is 26.5. The molecule has 0 aromatic carbocycles. The summed E-state index contributed by atoms with van der Waals surface area (Å²) >= 11 is 0. The van der Waals surface area contributed by atoms with Crippen LogP contribution < -0.4 is 0 Å². The minimum Gasteiger partial charge on any atom is -0.465 e. The van der Waals surface area contributed by atoms with Crippen molar-refractivity contribution in [3.05, 3.63) is 0 Å². The van der Waals surface area contributed by atoms with E-state index in [1.54, 1.807) is 6.07 Å². The average molecular weight is 190 g/mol. The van der Waals surface area contributed by atoms with Crippen LogP contribution in [0.3, 0.4) is 0 Å². The molecule has 0 aliphatic carbocycles. The molecule has 6 heteroatoms. The van der Waals surface area contributed by atoms with Crippen LogP contribution in [0, 0.1) is 11.3 Å². The predicted octanol–water partition coefficient (Wildman–Crippen LogP) is 1.29. The topological polar surface area (TPSA) is 64.3 Å². The molecule has 1 unspecified atom stereocenters. The molecule has 13 heavy (non-hydrogen) atoms. The van der Waals surface area contributed by atoms with Crippen molar-refractivity contribution in [2.24, 2.45) is 0 Å². The summed E-state index contributed by atoms with van der Waals surface area (Å²) in [5.41, 5.74) is 0. The van der Waals surface area contributed by atoms with Crippen LogP contribution in [-0.4, -0.2) is 34.6 Å². The highest BCUT2D eigenvalue weighted by atomic mass is 19.3. The Labute approximate surface area is 73.4 Å². The molecule has 1 aliphatic heterocycles. The molecule has 1 fully saturated rings. The van der Waals surface area contributed by atoms with E-state index in [4.69, 9.17) is 10.4 Å². The Balaban J connectivity index is 2.73. The quantitative estimate of drug-likeness (QED) is 0.625. The number of amides is 1. The molecular weight excluding hydrogens is 182 g/mol. The predicted molar refractivity (Wildman–Crippen MR) is 38.3 cm³/mol. The minimum absolute atomic E-state index is 0.277. The maximum atomic E-state index is 12.7. The molecule has 1 heterocycles. The molecule has 1 saturated heterocycles. The number of likely N-dealkylation sites (tertiary alicyclic amines) is 1. The third-order valence-corrected chi connectivity index (χ3v) is 1.98. The molecule has 72 valence electrons. The van der Waals surface area contributed by atoms with E-state index in [0.717, 1.165) is 4.90 Å². The summed E-state index contributed by atoms with van der Waals surface area (Å²) in [4.78, 5) is 11.2. The zero-order valence-electron chi connectivity index (χ0n) is 6.70. The molecular formula is C7H8F2N2O2. The molecule has 1 aliphatic rings. The number of hydrogen-bond donors (Lipinski definition) is 1. The lowest BCUT2D eigenvalue weighted by atomic mass is 10.0. The van der Waals surface area contributed by atoms with E-state index in [0.29, 0.717) is 0 Å².